The molecule has 3 rings (SSSR count). The highest BCUT2D eigenvalue weighted by molar-refractivity contribution is 8.27. The average Bonchev–Trinajstić information content (AvgIpc) is 2.89. The lowest BCUT2D eigenvalue weighted by molar-refractivity contribution is -0.113. The number of methoxy groups -OCH3 is 2. The fourth-order valence-electron chi connectivity index (χ4n) is 2.55. The summed E-state index contributed by atoms with van der Waals surface area (Å²) in [4.78, 5) is 14.9. The molecule has 25 heavy (non-hydrogen) atoms. The molecule has 0 bridgehead atoms. The molecule has 1 amide bonds. The topological polar surface area (TPSA) is 38.8 Å². The smallest absolute Gasteiger partial charge is 0.270 e. The molecule has 0 N–H and O–H groups in total. The van der Waals surface area contributed by atoms with Gasteiger partial charge in [0.05, 0.1) is 24.8 Å². The Morgan fingerprint density at radius 3 is 2.44 bits per heavy atom. The number of nitrogens with zero attached hydrogens (tertiary/aromatic N) is 1. The maximum Gasteiger partial charge on any atom is 0.270 e. The van der Waals surface area contributed by atoms with Crippen molar-refractivity contribution in [2.24, 2.45) is 0 Å². The number of ether oxygens (including phenoxy) is 2. The number of anilines is 1. The van der Waals surface area contributed by atoms with E-state index in [4.69, 9.17) is 21.7 Å². The normalized spacial score (nSPS) is 15.8. The summed E-state index contributed by atoms with van der Waals surface area (Å²) in [5.74, 6) is 1.07. The van der Waals surface area contributed by atoms with Gasteiger partial charge in [0.15, 0.2) is 15.8 Å². The van der Waals surface area contributed by atoms with E-state index in [0.717, 1.165) is 16.8 Å². The van der Waals surface area contributed by atoms with Gasteiger partial charge in [-0.1, -0.05) is 53.8 Å². The summed E-state index contributed by atoms with van der Waals surface area (Å²) >= 11 is 6.69. The van der Waals surface area contributed by atoms with Gasteiger partial charge >= 0.3 is 0 Å². The molecule has 6 heteroatoms. The van der Waals surface area contributed by atoms with E-state index in [1.165, 1.54) is 11.8 Å². The maximum absolute atomic E-state index is 12.8. The van der Waals surface area contributed by atoms with E-state index in [9.17, 15) is 4.79 Å². The lowest BCUT2D eigenvalue weighted by Gasteiger charge is -2.14. The minimum Gasteiger partial charge on any atom is -0.493 e. The molecule has 0 atom stereocenters. The Labute approximate surface area is 156 Å². The van der Waals surface area contributed by atoms with E-state index in [2.05, 4.69) is 0 Å². The number of benzene rings is 2. The fourth-order valence-corrected chi connectivity index (χ4v) is 3.84. The third kappa shape index (κ3) is 3.41. The summed E-state index contributed by atoms with van der Waals surface area (Å²) in [7, 11) is 3.16. The first-order valence-corrected chi connectivity index (χ1v) is 8.83. The van der Waals surface area contributed by atoms with E-state index >= 15 is 0 Å². The summed E-state index contributed by atoms with van der Waals surface area (Å²) in [6.45, 7) is 2.00. The second kappa shape index (κ2) is 7.29. The highest BCUT2D eigenvalue weighted by Crippen LogP contribution is 2.39. The van der Waals surface area contributed by atoms with Crippen LogP contribution < -0.4 is 14.4 Å². The van der Waals surface area contributed by atoms with Crippen LogP contribution in [0.15, 0.2) is 47.4 Å². The van der Waals surface area contributed by atoms with E-state index in [1.807, 2.05) is 49.4 Å². The average molecular weight is 371 g/mol. The minimum absolute atomic E-state index is 0.135. The van der Waals surface area contributed by atoms with Crippen LogP contribution in [-0.2, 0) is 4.79 Å². The molecule has 128 valence electrons. The van der Waals surface area contributed by atoms with Crippen LogP contribution in [0.4, 0.5) is 5.69 Å². The quantitative estimate of drug-likeness (QED) is 0.588. The number of hydrogen-bond donors (Lipinski definition) is 0. The largest absolute Gasteiger partial charge is 0.493 e. The fraction of sp³-hybridized carbons (Fsp3) is 0.158. The SMILES string of the molecule is COc1cccc(/C=C2\SC(=S)N(c3ccc(C)cc3)C2=O)c1OC. The van der Waals surface area contributed by atoms with E-state index in [-0.39, 0.29) is 5.91 Å². The van der Waals surface area contributed by atoms with Crippen molar-refractivity contribution in [3.63, 3.8) is 0 Å². The Bertz CT molecular complexity index is 859. The molecule has 0 aliphatic carbocycles. The van der Waals surface area contributed by atoms with Crippen molar-refractivity contribution in [2.75, 3.05) is 19.1 Å². The minimum atomic E-state index is -0.135. The van der Waals surface area contributed by atoms with Crippen LogP contribution in [0, 0.1) is 6.92 Å². The van der Waals surface area contributed by atoms with Crippen molar-refractivity contribution in [3.8, 4) is 11.5 Å². The first kappa shape index (κ1) is 17.5. The van der Waals surface area contributed by atoms with Crippen LogP contribution in [0.25, 0.3) is 6.08 Å². The van der Waals surface area contributed by atoms with Crippen molar-refractivity contribution in [2.45, 2.75) is 6.92 Å². The Hall–Kier alpha value is -2.31. The van der Waals surface area contributed by atoms with Gasteiger partial charge in [-0.2, -0.15) is 0 Å². The number of carbonyl (C=O) groups excluding carboxylic acids is 1. The van der Waals surface area contributed by atoms with Gasteiger partial charge in [0.25, 0.3) is 5.91 Å². The summed E-state index contributed by atoms with van der Waals surface area (Å²) in [6.07, 6.45) is 1.79. The molecule has 1 fully saturated rings. The van der Waals surface area contributed by atoms with Crippen molar-refractivity contribution in [3.05, 3.63) is 58.5 Å². The number of rotatable bonds is 4. The van der Waals surface area contributed by atoms with Gasteiger partial charge in [-0.05, 0) is 31.2 Å². The van der Waals surface area contributed by atoms with Gasteiger partial charge < -0.3 is 9.47 Å². The standard InChI is InChI=1S/C19H17NO3S2/c1-12-7-9-14(10-8-12)20-18(21)16(25-19(20)24)11-13-5-4-6-15(22-2)17(13)23-3/h4-11H,1-3H3/b16-11-. The third-order valence-electron chi connectivity index (χ3n) is 3.81. The van der Waals surface area contributed by atoms with Crippen molar-refractivity contribution < 1.29 is 14.3 Å². The number of carbonyl (C=O) groups is 1. The summed E-state index contributed by atoms with van der Waals surface area (Å²) in [5.41, 5.74) is 2.67. The van der Waals surface area contributed by atoms with Gasteiger partial charge in [-0.25, -0.2) is 0 Å². The Balaban J connectivity index is 1.97. The molecule has 0 saturated carbocycles. The van der Waals surface area contributed by atoms with Crippen LogP contribution >= 0.6 is 24.0 Å². The molecule has 2 aromatic carbocycles. The molecule has 2 aromatic rings. The Morgan fingerprint density at radius 2 is 1.80 bits per heavy atom. The first-order valence-electron chi connectivity index (χ1n) is 7.60. The molecule has 0 radical (unpaired) electrons. The number of para-hydroxylation sites is 1. The second-order valence-corrected chi connectivity index (χ2v) is 7.11. The number of amides is 1. The lowest BCUT2D eigenvalue weighted by Crippen LogP contribution is -2.27. The number of hydrogen-bond acceptors (Lipinski definition) is 5. The number of aryl methyl sites for hydroxylation is 1. The molecule has 1 heterocycles. The van der Waals surface area contributed by atoms with E-state index in [1.54, 1.807) is 25.2 Å². The van der Waals surface area contributed by atoms with Crippen LogP contribution in [0.1, 0.15) is 11.1 Å². The van der Waals surface area contributed by atoms with E-state index < -0.39 is 0 Å². The number of thiocarbonyl (C=S) groups is 1. The maximum atomic E-state index is 12.8. The van der Waals surface area contributed by atoms with Crippen molar-refractivity contribution in [1.82, 2.24) is 0 Å². The molecule has 1 aliphatic heterocycles. The summed E-state index contributed by atoms with van der Waals surface area (Å²) in [5, 5.41) is 0. The van der Waals surface area contributed by atoms with Gasteiger partial charge in [-0.3, -0.25) is 9.69 Å². The highest BCUT2D eigenvalue weighted by Gasteiger charge is 2.33. The monoisotopic (exact) mass is 371 g/mol. The van der Waals surface area contributed by atoms with Crippen LogP contribution in [0.3, 0.4) is 0 Å². The summed E-state index contributed by atoms with van der Waals surface area (Å²) < 4.78 is 11.3. The molecule has 0 unspecified atom stereocenters. The Morgan fingerprint density at radius 1 is 1.08 bits per heavy atom. The van der Waals surface area contributed by atoms with E-state index in [0.29, 0.717) is 20.7 Å². The molecule has 1 aliphatic rings. The van der Waals surface area contributed by atoms with Gasteiger partial charge in [0, 0.05) is 5.56 Å². The van der Waals surface area contributed by atoms with Crippen LogP contribution in [0.5, 0.6) is 11.5 Å². The zero-order valence-corrected chi connectivity index (χ0v) is 15.7. The zero-order valence-electron chi connectivity index (χ0n) is 14.1. The van der Waals surface area contributed by atoms with Gasteiger partial charge in [-0.15, -0.1) is 0 Å². The summed E-state index contributed by atoms with van der Waals surface area (Å²) in [6, 6.07) is 13.3. The molecule has 1 saturated heterocycles. The second-order valence-electron chi connectivity index (χ2n) is 5.44. The predicted octanol–water partition coefficient (Wildman–Crippen LogP) is 4.42. The molecular weight excluding hydrogens is 354 g/mol. The zero-order chi connectivity index (χ0) is 18.0. The van der Waals surface area contributed by atoms with Crippen molar-refractivity contribution >= 4 is 46.0 Å². The predicted molar refractivity (Wildman–Crippen MR) is 106 cm³/mol. The highest BCUT2D eigenvalue weighted by atomic mass is 32.2. The number of thioether (sulfide) groups is 1. The first-order chi connectivity index (χ1) is 12.0. The van der Waals surface area contributed by atoms with Gasteiger partial charge in [0.1, 0.15) is 0 Å². The van der Waals surface area contributed by atoms with Gasteiger partial charge in [0.2, 0.25) is 0 Å². The van der Waals surface area contributed by atoms with Crippen molar-refractivity contribution in [1.29, 1.82) is 0 Å². The Kier molecular flexibility index (Phi) is 5.11. The molecule has 0 spiro atoms. The lowest BCUT2D eigenvalue weighted by atomic mass is 10.1. The third-order valence-corrected chi connectivity index (χ3v) is 5.11. The molecular formula is C19H17NO3S2. The van der Waals surface area contributed by atoms with Crippen LogP contribution in [0.2, 0.25) is 0 Å². The molecule has 4 nitrogen and oxygen atoms in total. The molecule has 0 aromatic heterocycles. The van der Waals surface area contributed by atoms with Crippen LogP contribution in [-0.4, -0.2) is 24.4 Å².